The molecule has 1 aromatic heterocycles. The third-order valence-electron chi connectivity index (χ3n) is 2.45. The number of nitrogens with zero attached hydrogens (tertiary/aromatic N) is 2. The molecule has 0 bridgehead atoms. The number of pyridine rings is 1. The molecule has 0 aromatic carbocycles. The van der Waals surface area contributed by atoms with E-state index in [-0.39, 0.29) is 11.9 Å². The number of anilines is 1. The number of likely N-dealkylation sites (N-methyl/N-ethyl adjacent to an activating group) is 1. The van der Waals surface area contributed by atoms with E-state index in [9.17, 15) is 4.39 Å². The second kappa shape index (κ2) is 5.80. The molecule has 0 spiro atoms. The van der Waals surface area contributed by atoms with E-state index in [1.165, 1.54) is 6.07 Å². The zero-order valence-electron chi connectivity index (χ0n) is 10.4. The largest absolute Gasteiger partial charge is 0.363 e. The number of hydrogen-bond donors (Lipinski definition) is 1. The molecule has 1 rings (SSSR count). The highest BCUT2D eigenvalue weighted by atomic mass is 19.1. The quantitative estimate of drug-likeness (QED) is 0.832. The predicted octanol–water partition coefficient (Wildman–Crippen LogP) is 2.22. The highest BCUT2D eigenvalue weighted by molar-refractivity contribution is 5.36. The minimum atomic E-state index is -0.299. The van der Waals surface area contributed by atoms with Crippen LogP contribution in [0.25, 0.3) is 0 Å². The molecule has 0 aliphatic heterocycles. The second-order valence-electron chi connectivity index (χ2n) is 4.59. The van der Waals surface area contributed by atoms with Crippen LogP contribution in [0.4, 0.5) is 10.2 Å². The molecule has 1 unspecified atom stereocenters. The summed E-state index contributed by atoms with van der Waals surface area (Å²) in [6.07, 6.45) is 1.60. The molecule has 1 heterocycles. The van der Waals surface area contributed by atoms with Crippen LogP contribution >= 0.6 is 0 Å². The molecule has 3 nitrogen and oxygen atoms in total. The molecule has 0 amide bonds. The topological polar surface area (TPSA) is 28.2 Å². The van der Waals surface area contributed by atoms with Crippen LogP contribution in [0.1, 0.15) is 13.8 Å². The summed E-state index contributed by atoms with van der Waals surface area (Å²) < 4.78 is 13.4. The van der Waals surface area contributed by atoms with Gasteiger partial charge in [0.2, 0.25) is 0 Å². The van der Waals surface area contributed by atoms with E-state index < -0.39 is 0 Å². The van der Waals surface area contributed by atoms with E-state index in [2.05, 4.69) is 29.0 Å². The van der Waals surface area contributed by atoms with E-state index in [4.69, 9.17) is 0 Å². The van der Waals surface area contributed by atoms with Crippen molar-refractivity contribution < 1.29 is 4.39 Å². The van der Waals surface area contributed by atoms with E-state index in [0.717, 1.165) is 6.54 Å². The van der Waals surface area contributed by atoms with E-state index in [1.54, 1.807) is 12.3 Å². The molecule has 0 radical (unpaired) electrons. The lowest BCUT2D eigenvalue weighted by molar-refractivity contribution is 0.343. The SMILES string of the molecule is CC(C)C(CN(C)C)Nc1ncccc1F. The van der Waals surface area contributed by atoms with Gasteiger partial charge in [0.1, 0.15) is 0 Å². The number of rotatable bonds is 5. The van der Waals surface area contributed by atoms with Gasteiger partial charge in [-0.3, -0.25) is 0 Å². The molecule has 0 fully saturated rings. The Hall–Kier alpha value is -1.16. The van der Waals surface area contributed by atoms with E-state index in [1.807, 2.05) is 14.1 Å². The smallest absolute Gasteiger partial charge is 0.165 e. The van der Waals surface area contributed by atoms with Crippen LogP contribution in [-0.2, 0) is 0 Å². The van der Waals surface area contributed by atoms with Gasteiger partial charge in [-0.15, -0.1) is 0 Å². The van der Waals surface area contributed by atoms with Crippen molar-refractivity contribution in [1.82, 2.24) is 9.88 Å². The molecular weight excluding hydrogens is 205 g/mol. The summed E-state index contributed by atoms with van der Waals surface area (Å²) in [5.41, 5.74) is 0. The highest BCUT2D eigenvalue weighted by Gasteiger charge is 2.16. The van der Waals surface area contributed by atoms with Gasteiger partial charge in [-0.25, -0.2) is 9.37 Å². The summed E-state index contributed by atoms with van der Waals surface area (Å²) in [5.74, 6) is 0.457. The minimum absolute atomic E-state index is 0.194. The molecule has 0 saturated heterocycles. The van der Waals surface area contributed by atoms with Crippen LogP contribution in [0.2, 0.25) is 0 Å². The number of nitrogens with one attached hydrogen (secondary N) is 1. The predicted molar refractivity (Wildman–Crippen MR) is 65.0 cm³/mol. The van der Waals surface area contributed by atoms with Crippen LogP contribution in [0, 0.1) is 11.7 Å². The number of aromatic nitrogens is 1. The van der Waals surface area contributed by atoms with E-state index >= 15 is 0 Å². The van der Waals surface area contributed by atoms with Crippen LogP contribution < -0.4 is 5.32 Å². The third-order valence-corrected chi connectivity index (χ3v) is 2.45. The maximum absolute atomic E-state index is 13.4. The van der Waals surface area contributed by atoms with Crippen LogP contribution in [-0.4, -0.2) is 36.6 Å². The summed E-state index contributed by atoms with van der Waals surface area (Å²) in [7, 11) is 4.01. The maximum atomic E-state index is 13.4. The first-order chi connectivity index (χ1) is 7.50. The van der Waals surface area contributed by atoms with Crippen molar-refractivity contribution in [2.24, 2.45) is 5.92 Å². The van der Waals surface area contributed by atoms with Gasteiger partial charge in [0.15, 0.2) is 11.6 Å². The highest BCUT2D eigenvalue weighted by Crippen LogP contribution is 2.14. The molecule has 0 aliphatic carbocycles. The lowest BCUT2D eigenvalue weighted by Gasteiger charge is -2.26. The van der Waals surface area contributed by atoms with Gasteiger partial charge in [-0.05, 0) is 32.1 Å². The Kier molecular flexibility index (Phi) is 4.68. The normalized spacial score (nSPS) is 13.2. The van der Waals surface area contributed by atoms with Crippen molar-refractivity contribution in [3.8, 4) is 0 Å². The molecule has 1 N–H and O–H groups in total. The van der Waals surface area contributed by atoms with Crippen molar-refractivity contribution in [1.29, 1.82) is 0 Å². The average Bonchev–Trinajstić information content (AvgIpc) is 2.19. The second-order valence-corrected chi connectivity index (χ2v) is 4.59. The fraction of sp³-hybridized carbons (Fsp3) is 0.583. The minimum Gasteiger partial charge on any atom is -0.363 e. The monoisotopic (exact) mass is 225 g/mol. The van der Waals surface area contributed by atoms with Gasteiger partial charge in [-0.1, -0.05) is 13.8 Å². The van der Waals surface area contributed by atoms with Crippen LogP contribution in [0.15, 0.2) is 18.3 Å². The molecule has 1 aromatic rings. The summed E-state index contributed by atoms with van der Waals surface area (Å²) in [5, 5.41) is 3.15. The first-order valence-electron chi connectivity index (χ1n) is 5.52. The van der Waals surface area contributed by atoms with E-state index in [0.29, 0.717) is 11.7 Å². The molecule has 16 heavy (non-hydrogen) atoms. The Morgan fingerprint density at radius 2 is 2.12 bits per heavy atom. The summed E-state index contributed by atoms with van der Waals surface area (Å²) >= 11 is 0. The average molecular weight is 225 g/mol. The molecule has 0 aliphatic rings. The first kappa shape index (κ1) is 12.9. The van der Waals surface area contributed by atoms with Crippen molar-refractivity contribution in [2.45, 2.75) is 19.9 Å². The lowest BCUT2D eigenvalue weighted by Crippen LogP contribution is -2.36. The van der Waals surface area contributed by atoms with Crippen LogP contribution in [0.3, 0.4) is 0 Å². The van der Waals surface area contributed by atoms with Crippen LogP contribution in [0.5, 0.6) is 0 Å². The fourth-order valence-electron chi connectivity index (χ4n) is 1.48. The van der Waals surface area contributed by atoms with Gasteiger partial charge >= 0.3 is 0 Å². The maximum Gasteiger partial charge on any atom is 0.165 e. The van der Waals surface area contributed by atoms with Gasteiger partial charge in [-0.2, -0.15) is 0 Å². The van der Waals surface area contributed by atoms with Crippen molar-refractivity contribution in [2.75, 3.05) is 26.0 Å². The summed E-state index contributed by atoms with van der Waals surface area (Å²) in [4.78, 5) is 6.08. The van der Waals surface area contributed by atoms with Gasteiger partial charge in [0, 0.05) is 18.8 Å². The standard InChI is InChI=1S/C12H20FN3/c1-9(2)11(8-16(3)4)15-12-10(13)6-5-7-14-12/h5-7,9,11H,8H2,1-4H3,(H,14,15). The molecule has 90 valence electrons. The third kappa shape index (κ3) is 3.77. The van der Waals surface area contributed by atoms with Gasteiger partial charge < -0.3 is 10.2 Å². The summed E-state index contributed by atoms with van der Waals surface area (Å²) in [6.45, 7) is 5.08. The zero-order valence-corrected chi connectivity index (χ0v) is 10.4. The zero-order chi connectivity index (χ0) is 12.1. The van der Waals surface area contributed by atoms with Gasteiger partial charge in [0.25, 0.3) is 0 Å². The fourth-order valence-corrected chi connectivity index (χ4v) is 1.48. The first-order valence-corrected chi connectivity index (χ1v) is 5.52. The van der Waals surface area contributed by atoms with Gasteiger partial charge in [0.05, 0.1) is 0 Å². The Bertz CT molecular complexity index is 326. The Balaban J connectivity index is 2.72. The Morgan fingerprint density at radius 3 is 2.62 bits per heavy atom. The van der Waals surface area contributed by atoms with Crippen molar-refractivity contribution in [3.05, 3.63) is 24.1 Å². The lowest BCUT2D eigenvalue weighted by atomic mass is 10.0. The molecule has 1 atom stereocenters. The molecular formula is C12H20FN3. The van der Waals surface area contributed by atoms with Crippen molar-refractivity contribution >= 4 is 5.82 Å². The summed E-state index contributed by atoms with van der Waals surface area (Å²) in [6, 6.07) is 3.21. The Labute approximate surface area is 96.7 Å². The molecule has 0 saturated carbocycles. The Morgan fingerprint density at radius 1 is 1.44 bits per heavy atom. The van der Waals surface area contributed by atoms with Crippen molar-refractivity contribution in [3.63, 3.8) is 0 Å². The molecule has 4 heteroatoms. The number of hydrogen-bond acceptors (Lipinski definition) is 3. The number of halogens is 1.